The summed E-state index contributed by atoms with van der Waals surface area (Å²) in [5.41, 5.74) is 0. The number of aliphatic hydroxyl groups is 1. The van der Waals surface area contributed by atoms with Crippen molar-refractivity contribution in [3.8, 4) is 0 Å². The van der Waals surface area contributed by atoms with Gasteiger partial charge < -0.3 is 33.0 Å². The number of quaternary nitrogens is 1. The standard InChI is InChI=1S/C46H82NO8P/c1-5-6-7-8-9-10-11-12-13-19-22-25-28-31-34-37-41-52-45(44-55-56(50,51)54-42-39-47(2,3)4)43-53-46(49)38-35-32-29-26-23-20-17-15-14-16-18-21-24-27-30-33-36-40-48/h10-11,14,16-17,20-21,24,26,29,37,41,45,48H,5-9,12-13,15,18-19,22-23,25,27-28,30-36,38-40,42-44H2,1-4H3/b11-10-,16-14-,20-17-,24-21-,29-26-,41-37+/t45-/m1/s1. The molecule has 0 saturated heterocycles. The van der Waals surface area contributed by atoms with Crippen LogP contribution in [0.1, 0.15) is 155 Å². The summed E-state index contributed by atoms with van der Waals surface area (Å²) in [7, 11) is 1.30. The van der Waals surface area contributed by atoms with Crippen molar-refractivity contribution in [2.24, 2.45) is 0 Å². The average Bonchev–Trinajstić information content (AvgIpc) is 3.15. The van der Waals surface area contributed by atoms with Crippen molar-refractivity contribution in [1.82, 2.24) is 0 Å². The number of hydrogen-bond donors (Lipinski definition) is 1. The predicted molar refractivity (Wildman–Crippen MR) is 232 cm³/mol. The number of phosphoric ester groups is 1. The van der Waals surface area contributed by atoms with Crippen LogP contribution in [0.3, 0.4) is 0 Å². The predicted octanol–water partition coefficient (Wildman–Crippen LogP) is 11.4. The fourth-order valence-electron chi connectivity index (χ4n) is 5.38. The Kier molecular flexibility index (Phi) is 38.0. The van der Waals surface area contributed by atoms with Gasteiger partial charge in [0.15, 0.2) is 6.10 Å². The van der Waals surface area contributed by atoms with Crippen molar-refractivity contribution < 1.29 is 42.4 Å². The molecule has 0 fully saturated rings. The molecular formula is C46H82NO8P. The van der Waals surface area contributed by atoms with Crippen LogP contribution in [0.15, 0.2) is 73.1 Å². The van der Waals surface area contributed by atoms with E-state index in [9.17, 15) is 14.3 Å². The molecule has 56 heavy (non-hydrogen) atoms. The summed E-state index contributed by atoms with van der Waals surface area (Å²) in [6.45, 7) is 2.61. The molecule has 0 amide bonds. The van der Waals surface area contributed by atoms with Crippen LogP contribution in [-0.2, 0) is 27.9 Å². The van der Waals surface area contributed by atoms with Gasteiger partial charge in [-0.25, -0.2) is 0 Å². The molecule has 0 aromatic carbocycles. The Hall–Kier alpha value is -2.26. The van der Waals surface area contributed by atoms with E-state index in [1.807, 2.05) is 27.2 Å². The molecule has 10 heteroatoms. The number of likely N-dealkylation sites (N-methyl/N-ethyl adjacent to an activating group) is 1. The van der Waals surface area contributed by atoms with E-state index >= 15 is 0 Å². The molecule has 0 aromatic rings. The van der Waals surface area contributed by atoms with Crippen molar-refractivity contribution in [1.29, 1.82) is 0 Å². The van der Waals surface area contributed by atoms with E-state index in [0.717, 1.165) is 70.6 Å². The van der Waals surface area contributed by atoms with E-state index < -0.39 is 13.9 Å². The summed E-state index contributed by atoms with van der Waals surface area (Å²) in [5.74, 6) is -0.359. The molecule has 0 aromatic heterocycles. The van der Waals surface area contributed by atoms with Crippen LogP contribution in [0.25, 0.3) is 0 Å². The summed E-state index contributed by atoms with van der Waals surface area (Å²) in [6, 6.07) is 0. The van der Waals surface area contributed by atoms with Crippen molar-refractivity contribution in [3.63, 3.8) is 0 Å². The monoisotopic (exact) mass is 808 g/mol. The molecule has 0 radical (unpaired) electrons. The third-order valence-electron chi connectivity index (χ3n) is 8.87. The molecule has 1 N–H and O–H groups in total. The molecule has 0 spiro atoms. The molecule has 0 rings (SSSR count). The van der Waals surface area contributed by atoms with Crippen LogP contribution < -0.4 is 4.89 Å². The molecule has 2 atom stereocenters. The lowest BCUT2D eigenvalue weighted by atomic mass is 10.1. The molecule has 1 unspecified atom stereocenters. The zero-order valence-electron chi connectivity index (χ0n) is 36.0. The topological polar surface area (TPSA) is 114 Å². The fourth-order valence-corrected chi connectivity index (χ4v) is 6.11. The van der Waals surface area contributed by atoms with Crippen LogP contribution >= 0.6 is 7.82 Å². The smallest absolute Gasteiger partial charge is 0.305 e. The Bertz CT molecular complexity index is 1120. The summed E-state index contributed by atoms with van der Waals surface area (Å²) in [6.07, 6.45) is 48.9. The molecule has 0 heterocycles. The Morgan fingerprint density at radius 3 is 1.62 bits per heavy atom. The van der Waals surface area contributed by atoms with Gasteiger partial charge in [0.2, 0.25) is 0 Å². The van der Waals surface area contributed by atoms with E-state index in [0.29, 0.717) is 17.4 Å². The Labute approximate surface area is 343 Å². The van der Waals surface area contributed by atoms with E-state index in [-0.39, 0.29) is 38.8 Å². The van der Waals surface area contributed by atoms with Gasteiger partial charge in [0.25, 0.3) is 7.82 Å². The van der Waals surface area contributed by atoms with Gasteiger partial charge in [0.05, 0.1) is 34.0 Å². The number of rotatable bonds is 40. The first kappa shape index (κ1) is 53.7. The zero-order valence-corrected chi connectivity index (χ0v) is 36.9. The van der Waals surface area contributed by atoms with Crippen molar-refractivity contribution in [2.45, 2.75) is 161 Å². The van der Waals surface area contributed by atoms with Crippen LogP contribution in [0.5, 0.6) is 0 Å². The molecule has 0 aliphatic carbocycles. The number of allylic oxidation sites excluding steroid dienone is 11. The van der Waals surface area contributed by atoms with Gasteiger partial charge in [-0.1, -0.05) is 119 Å². The van der Waals surface area contributed by atoms with Gasteiger partial charge in [0, 0.05) is 13.0 Å². The minimum absolute atomic E-state index is 0.00955. The number of ether oxygens (including phenoxy) is 2. The quantitative estimate of drug-likeness (QED) is 0.0163. The normalized spacial score (nSPS) is 14.4. The average molecular weight is 808 g/mol. The van der Waals surface area contributed by atoms with Crippen molar-refractivity contribution in [2.75, 3.05) is 54.1 Å². The van der Waals surface area contributed by atoms with Crippen LogP contribution in [-0.4, -0.2) is 75.8 Å². The lowest BCUT2D eigenvalue weighted by Crippen LogP contribution is -2.37. The highest BCUT2D eigenvalue weighted by Gasteiger charge is 2.19. The van der Waals surface area contributed by atoms with Crippen molar-refractivity contribution >= 4 is 13.8 Å². The zero-order chi connectivity index (χ0) is 41.3. The third kappa shape index (κ3) is 42.9. The number of esters is 1. The first-order valence-electron chi connectivity index (χ1n) is 21.8. The number of phosphoric acid groups is 1. The number of hydrogen-bond acceptors (Lipinski definition) is 8. The minimum Gasteiger partial charge on any atom is -0.756 e. The van der Waals surface area contributed by atoms with Crippen LogP contribution in [0.2, 0.25) is 0 Å². The number of aliphatic hydroxyl groups excluding tert-OH is 1. The second-order valence-corrected chi connectivity index (χ2v) is 16.9. The maximum atomic E-state index is 12.5. The summed E-state index contributed by atoms with van der Waals surface area (Å²) >= 11 is 0. The number of carbonyl (C=O) groups is 1. The Balaban J connectivity index is 4.40. The van der Waals surface area contributed by atoms with Crippen LogP contribution in [0.4, 0.5) is 0 Å². The highest BCUT2D eigenvalue weighted by Crippen LogP contribution is 2.38. The Morgan fingerprint density at radius 2 is 1.09 bits per heavy atom. The van der Waals surface area contributed by atoms with Gasteiger partial charge in [-0.2, -0.15) is 0 Å². The molecule has 0 aliphatic rings. The molecule has 0 saturated carbocycles. The SMILES string of the molecule is CCCCCC/C=C\CCCCCCCC/C=C/O[C@H](COC(=O)CCC/C=C\C/C=C\C/C=C\C/C=C\CCCCCO)COP(=O)([O-])OCC[N+](C)(C)C. The van der Waals surface area contributed by atoms with Gasteiger partial charge in [-0.05, 0) is 96.0 Å². The number of unbranched alkanes of at least 4 members (excludes halogenated alkanes) is 15. The van der Waals surface area contributed by atoms with Gasteiger partial charge in [-0.3, -0.25) is 9.36 Å². The second kappa shape index (κ2) is 39.6. The van der Waals surface area contributed by atoms with Crippen LogP contribution in [0, 0.1) is 0 Å². The van der Waals surface area contributed by atoms with E-state index in [2.05, 4.69) is 67.7 Å². The highest BCUT2D eigenvalue weighted by molar-refractivity contribution is 7.45. The maximum Gasteiger partial charge on any atom is 0.305 e. The summed E-state index contributed by atoms with van der Waals surface area (Å²) in [5, 5.41) is 8.80. The Morgan fingerprint density at radius 1 is 0.625 bits per heavy atom. The maximum absolute atomic E-state index is 12.5. The van der Waals surface area contributed by atoms with Gasteiger partial charge in [-0.15, -0.1) is 0 Å². The van der Waals surface area contributed by atoms with E-state index in [1.165, 1.54) is 64.2 Å². The fraction of sp³-hybridized carbons (Fsp3) is 0.717. The highest BCUT2D eigenvalue weighted by atomic mass is 31.2. The largest absolute Gasteiger partial charge is 0.756 e. The molecule has 9 nitrogen and oxygen atoms in total. The molecule has 0 bridgehead atoms. The lowest BCUT2D eigenvalue weighted by Gasteiger charge is -2.28. The van der Waals surface area contributed by atoms with Crippen molar-refractivity contribution in [3.05, 3.63) is 73.1 Å². The summed E-state index contributed by atoms with van der Waals surface area (Å²) in [4.78, 5) is 24.8. The number of carbonyl (C=O) groups excluding carboxylic acids is 1. The van der Waals surface area contributed by atoms with Gasteiger partial charge >= 0.3 is 5.97 Å². The molecule has 324 valence electrons. The molecular weight excluding hydrogens is 725 g/mol. The van der Waals surface area contributed by atoms with E-state index in [1.54, 1.807) is 6.26 Å². The van der Waals surface area contributed by atoms with Gasteiger partial charge in [0.1, 0.15) is 19.8 Å². The summed E-state index contributed by atoms with van der Waals surface area (Å²) < 4.78 is 34.3. The first-order chi connectivity index (χ1) is 27.1. The van der Waals surface area contributed by atoms with E-state index in [4.69, 9.17) is 23.6 Å². The lowest BCUT2D eigenvalue weighted by molar-refractivity contribution is -0.870. The minimum atomic E-state index is -4.54. The number of nitrogens with zero attached hydrogens (tertiary/aromatic N) is 1. The second-order valence-electron chi connectivity index (χ2n) is 15.5. The third-order valence-corrected chi connectivity index (χ3v) is 9.84. The molecule has 0 aliphatic heterocycles. The first-order valence-corrected chi connectivity index (χ1v) is 23.3.